The number of fused-ring (bicyclic) bond motifs is 1. The molecule has 44 heavy (non-hydrogen) atoms. The van der Waals surface area contributed by atoms with E-state index in [-0.39, 0.29) is 12.4 Å². The molecular weight excluding hydrogens is 566 g/mol. The fourth-order valence-electron chi connectivity index (χ4n) is 5.04. The molecule has 0 spiro atoms. The molecule has 1 saturated heterocycles. The highest BCUT2D eigenvalue weighted by Crippen LogP contribution is 2.35. The maximum Gasteiger partial charge on any atom is 0.411 e. The first-order valence-corrected chi connectivity index (χ1v) is 13.9. The Kier molecular flexibility index (Phi) is 8.34. The molecule has 0 radical (unpaired) electrons. The molecule has 2 aromatic heterocycles. The fourth-order valence-corrected chi connectivity index (χ4v) is 5.04. The summed E-state index contributed by atoms with van der Waals surface area (Å²) in [5, 5.41) is 36.6. The van der Waals surface area contributed by atoms with Gasteiger partial charge in [0.05, 0.1) is 6.61 Å². The largest absolute Gasteiger partial charge is 0.444 e. The van der Waals surface area contributed by atoms with E-state index >= 15 is 0 Å². The molecule has 226 valence electrons. The third-order valence-electron chi connectivity index (χ3n) is 7.34. The van der Waals surface area contributed by atoms with Crippen molar-refractivity contribution >= 4 is 34.7 Å². The van der Waals surface area contributed by atoms with E-state index in [9.17, 15) is 20.1 Å². The van der Waals surface area contributed by atoms with E-state index in [0.717, 1.165) is 22.3 Å². The minimum absolute atomic E-state index is 0.147. The van der Waals surface area contributed by atoms with E-state index < -0.39 is 37.2 Å². The number of nitrogen functional groups attached to an aromatic ring is 1. The Morgan fingerprint density at radius 3 is 2.50 bits per heavy atom. The lowest BCUT2D eigenvalue weighted by molar-refractivity contribution is -0.0501. The number of nitrogens with two attached hydrogens (primary N) is 1. The minimum atomic E-state index is -1.34. The van der Waals surface area contributed by atoms with E-state index in [1.165, 1.54) is 10.9 Å². The first kappa shape index (κ1) is 29.0. The maximum atomic E-state index is 12.3. The fraction of sp³-hybridized carbons (Fsp3) is 0.226. The van der Waals surface area contributed by atoms with Gasteiger partial charge in [0.1, 0.15) is 31.2 Å². The number of amides is 1. The summed E-state index contributed by atoms with van der Waals surface area (Å²) in [6, 6.07) is 24.7. The second-order valence-electron chi connectivity index (χ2n) is 10.3. The van der Waals surface area contributed by atoms with Crippen molar-refractivity contribution in [3.05, 3.63) is 96.3 Å². The van der Waals surface area contributed by atoms with Crippen LogP contribution >= 0.6 is 0 Å². The van der Waals surface area contributed by atoms with E-state index in [4.69, 9.17) is 15.2 Å². The molecule has 5 aromatic rings. The summed E-state index contributed by atoms with van der Waals surface area (Å²) >= 11 is 0. The van der Waals surface area contributed by atoms with Gasteiger partial charge in [-0.15, -0.1) is 0 Å². The molecule has 0 saturated carbocycles. The van der Waals surface area contributed by atoms with Crippen LogP contribution in [-0.2, 0) is 22.6 Å². The van der Waals surface area contributed by atoms with Crippen LogP contribution in [0.25, 0.3) is 22.3 Å². The van der Waals surface area contributed by atoms with Crippen LogP contribution in [0.15, 0.2) is 85.2 Å². The molecule has 3 aromatic carbocycles. The smallest absolute Gasteiger partial charge is 0.411 e. The van der Waals surface area contributed by atoms with Gasteiger partial charge >= 0.3 is 6.09 Å². The van der Waals surface area contributed by atoms with Gasteiger partial charge in [0.15, 0.2) is 23.2 Å². The molecule has 0 bridgehead atoms. The van der Waals surface area contributed by atoms with Crippen molar-refractivity contribution in [3.8, 4) is 11.1 Å². The molecule has 13 nitrogen and oxygen atoms in total. The summed E-state index contributed by atoms with van der Waals surface area (Å²) in [7, 11) is 0. The van der Waals surface area contributed by atoms with Crippen LogP contribution in [0.2, 0.25) is 0 Å². The van der Waals surface area contributed by atoms with Crippen molar-refractivity contribution in [2.75, 3.05) is 23.0 Å². The number of hydrogen-bond acceptors (Lipinski definition) is 11. The Bertz CT molecular complexity index is 1750. The molecule has 6 rings (SSSR count). The van der Waals surface area contributed by atoms with Gasteiger partial charge in [0.25, 0.3) is 0 Å². The summed E-state index contributed by atoms with van der Waals surface area (Å²) in [6.45, 7) is 0.0593. The second-order valence-corrected chi connectivity index (χ2v) is 10.3. The Balaban J connectivity index is 1.14. The van der Waals surface area contributed by atoms with Crippen LogP contribution in [0.1, 0.15) is 17.4 Å². The number of aliphatic hydroxyl groups is 3. The average Bonchev–Trinajstić information content (AvgIpc) is 3.56. The van der Waals surface area contributed by atoms with Crippen LogP contribution in [0.3, 0.4) is 0 Å². The Morgan fingerprint density at radius 2 is 1.75 bits per heavy atom. The first-order valence-electron chi connectivity index (χ1n) is 13.9. The number of carbonyl (C=O) groups is 1. The monoisotopic (exact) mass is 597 g/mol. The van der Waals surface area contributed by atoms with Crippen LogP contribution in [-0.4, -0.2) is 65.9 Å². The number of ether oxygens (including phenoxy) is 2. The summed E-state index contributed by atoms with van der Waals surface area (Å²) in [4.78, 5) is 25.1. The molecule has 1 amide bonds. The molecule has 7 N–H and O–H groups in total. The number of anilines is 3. The van der Waals surface area contributed by atoms with Crippen molar-refractivity contribution in [1.29, 1.82) is 0 Å². The Labute approximate surface area is 251 Å². The van der Waals surface area contributed by atoms with Crippen LogP contribution in [0, 0.1) is 0 Å². The van der Waals surface area contributed by atoms with Crippen molar-refractivity contribution in [2.45, 2.75) is 37.7 Å². The first-order chi connectivity index (χ1) is 21.4. The standard InChI is InChI=1S/C31H31N7O6/c32-27-24-28(35-17-34-27)38(29-26(41)25(40)23(15-39)44-29)30(37-24)33-14-18-9-11-20(12-10-18)21-7-4-8-22(13-21)36-31(42)43-16-19-5-2-1-3-6-19/h1-13,17,23,25-26,29,39-41H,14-16H2,(H,33,37)(H,36,42)(H2,32,34,35)/t23-,25-,26-,29-/m1/s1. The zero-order valence-electron chi connectivity index (χ0n) is 23.4. The molecule has 13 heteroatoms. The Hall–Kier alpha value is -5.08. The molecule has 1 fully saturated rings. The molecule has 0 unspecified atom stereocenters. The number of nitrogens with one attached hydrogen (secondary N) is 2. The van der Waals surface area contributed by atoms with Crippen molar-refractivity contribution in [1.82, 2.24) is 19.5 Å². The van der Waals surface area contributed by atoms with Gasteiger partial charge in [0.2, 0.25) is 5.95 Å². The van der Waals surface area contributed by atoms with E-state index in [0.29, 0.717) is 29.3 Å². The normalized spacial score (nSPS) is 19.6. The third kappa shape index (κ3) is 6.02. The van der Waals surface area contributed by atoms with Crippen LogP contribution in [0.4, 0.5) is 22.2 Å². The lowest BCUT2D eigenvalue weighted by Gasteiger charge is -2.19. The second kappa shape index (κ2) is 12.7. The van der Waals surface area contributed by atoms with Crippen molar-refractivity contribution in [2.24, 2.45) is 0 Å². The SMILES string of the molecule is Nc1ncnc2c1nc(NCc1ccc(-c3cccc(NC(=O)OCc4ccccc4)c3)cc1)n2[C@@H]1O[C@H](CO)[C@@H](O)[C@H]1O. The van der Waals surface area contributed by atoms with Gasteiger partial charge in [-0.1, -0.05) is 66.7 Å². The molecule has 1 aliphatic rings. The van der Waals surface area contributed by atoms with Gasteiger partial charge < -0.3 is 35.8 Å². The number of nitrogens with zero attached hydrogens (tertiary/aromatic N) is 4. The topological polar surface area (TPSA) is 190 Å². The highest BCUT2D eigenvalue weighted by molar-refractivity contribution is 5.86. The zero-order valence-corrected chi connectivity index (χ0v) is 23.4. The molecule has 0 aliphatic carbocycles. The summed E-state index contributed by atoms with van der Waals surface area (Å²) in [5.41, 5.74) is 10.9. The number of aromatic nitrogens is 4. The molecule has 3 heterocycles. The number of benzene rings is 3. The number of carbonyl (C=O) groups excluding carboxylic acids is 1. The van der Waals surface area contributed by atoms with E-state index in [1.807, 2.05) is 72.8 Å². The zero-order chi connectivity index (χ0) is 30.6. The summed E-state index contributed by atoms with van der Waals surface area (Å²) in [6.07, 6.45) is -3.93. The van der Waals surface area contributed by atoms with Gasteiger partial charge in [-0.3, -0.25) is 9.88 Å². The van der Waals surface area contributed by atoms with Crippen LogP contribution < -0.4 is 16.4 Å². The maximum absolute atomic E-state index is 12.3. The van der Waals surface area contributed by atoms with Gasteiger partial charge in [0, 0.05) is 12.2 Å². The Morgan fingerprint density at radius 1 is 0.955 bits per heavy atom. The van der Waals surface area contributed by atoms with E-state index in [2.05, 4.69) is 25.6 Å². The molecular formula is C31H31N7O6. The highest BCUT2D eigenvalue weighted by Gasteiger charge is 2.45. The van der Waals surface area contributed by atoms with Crippen LogP contribution in [0.5, 0.6) is 0 Å². The molecule has 4 atom stereocenters. The lowest BCUT2D eigenvalue weighted by Crippen LogP contribution is -2.33. The lowest BCUT2D eigenvalue weighted by atomic mass is 10.0. The predicted octanol–water partition coefficient (Wildman–Crippen LogP) is 3.05. The van der Waals surface area contributed by atoms with Crippen molar-refractivity contribution < 1.29 is 29.6 Å². The predicted molar refractivity (Wildman–Crippen MR) is 162 cm³/mol. The molecule has 1 aliphatic heterocycles. The van der Waals surface area contributed by atoms with Gasteiger partial charge in [-0.2, -0.15) is 0 Å². The summed E-state index contributed by atoms with van der Waals surface area (Å²) in [5.74, 6) is 0.443. The third-order valence-corrected chi connectivity index (χ3v) is 7.34. The quantitative estimate of drug-likeness (QED) is 0.146. The van der Waals surface area contributed by atoms with Crippen molar-refractivity contribution in [3.63, 3.8) is 0 Å². The minimum Gasteiger partial charge on any atom is -0.444 e. The van der Waals surface area contributed by atoms with Gasteiger partial charge in [-0.25, -0.2) is 19.7 Å². The number of aliphatic hydroxyl groups excluding tert-OH is 3. The summed E-state index contributed by atoms with van der Waals surface area (Å²) < 4.78 is 12.6. The van der Waals surface area contributed by atoms with Gasteiger partial charge in [-0.05, 0) is 34.4 Å². The number of rotatable bonds is 9. The number of imidazole rings is 1. The van der Waals surface area contributed by atoms with E-state index in [1.54, 1.807) is 6.07 Å². The number of hydrogen-bond donors (Lipinski definition) is 6. The average molecular weight is 598 g/mol. The highest BCUT2D eigenvalue weighted by atomic mass is 16.6.